The molecule has 0 aliphatic carbocycles. The Hall–Kier alpha value is -2.08. The second-order valence-corrected chi connectivity index (χ2v) is 3.32. The van der Waals surface area contributed by atoms with E-state index in [9.17, 15) is 0 Å². The lowest BCUT2D eigenvalue weighted by Crippen LogP contribution is -1.97. The van der Waals surface area contributed by atoms with Crippen molar-refractivity contribution in [2.45, 2.75) is 6.54 Å². The predicted octanol–water partition coefficient (Wildman–Crippen LogP) is 1.21. The van der Waals surface area contributed by atoms with Crippen LogP contribution >= 0.6 is 0 Å². The molecule has 0 aliphatic rings. The largest absolute Gasteiger partial charge is 0.497 e. The van der Waals surface area contributed by atoms with Gasteiger partial charge >= 0.3 is 0 Å². The Kier molecular flexibility index (Phi) is 3.24. The molecule has 6 nitrogen and oxygen atoms in total. The van der Waals surface area contributed by atoms with E-state index in [2.05, 4.69) is 10.1 Å². The Bertz CT molecular complexity index is 488. The molecule has 90 valence electrons. The van der Waals surface area contributed by atoms with Crippen molar-refractivity contribution < 1.29 is 14.0 Å². The maximum atomic E-state index is 5.42. The lowest BCUT2D eigenvalue weighted by molar-refractivity contribution is 0.393. The van der Waals surface area contributed by atoms with Crippen LogP contribution in [0.25, 0.3) is 11.5 Å². The van der Waals surface area contributed by atoms with Crippen molar-refractivity contribution in [3.05, 3.63) is 24.0 Å². The third-order valence-corrected chi connectivity index (χ3v) is 2.25. The minimum atomic E-state index is 0.241. The molecule has 6 heteroatoms. The lowest BCUT2D eigenvalue weighted by Gasteiger charge is -2.05. The molecule has 2 aromatic rings. The molecule has 0 fully saturated rings. The van der Waals surface area contributed by atoms with Gasteiger partial charge in [-0.3, -0.25) is 0 Å². The van der Waals surface area contributed by atoms with Crippen molar-refractivity contribution in [2.24, 2.45) is 5.73 Å². The maximum Gasteiger partial charge on any atom is 0.258 e. The van der Waals surface area contributed by atoms with Gasteiger partial charge in [0.15, 0.2) is 5.82 Å². The third kappa shape index (κ3) is 2.36. The van der Waals surface area contributed by atoms with E-state index in [1.807, 2.05) is 0 Å². The van der Waals surface area contributed by atoms with Gasteiger partial charge in [0.2, 0.25) is 0 Å². The number of benzene rings is 1. The molecule has 0 atom stereocenters. The summed E-state index contributed by atoms with van der Waals surface area (Å²) in [6, 6.07) is 5.34. The number of nitrogens with zero attached hydrogens (tertiary/aromatic N) is 2. The topological polar surface area (TPSA) is 83.4 Å². The fourth-order valence-corrected chi connectivity index (χ4v) is 1.39. The zero-order chi connectivity index (χ0) is 12.3. The van der Waals surface area contributed by atoms with E-state index in [-0.39, 0.29) is 6.54 Å². The number of ether oxygens (including phenoxy) is 2. The predicted molar refractivity (Wildman–Crippen MR) is 60.7 cm³/mol. The maximum absolute atomic E-state index is 5.42. The van der Waals surface area contributed by atoms with Crippen LogP contribution in [0.5, 0.6) is 11.5 Å². The van der Waals surface area contributed by atoms with Gasteiger partial charge in [0.25, 0.3) is 5.89 Å². The minimum Gasteiger partial charge on any atom is -0.497 e. The normalized spacial score (nSPS) is 10.3. The summed E-state index contributed by atoms with van der Waals surface area (Å²) in [4.78, 5) is 4.14. The Morgan fingerprint density at radius 3 is 2.29 bits per heavy atom. The molecule has 0 radical (unpaired) electrons. The first kappa shape index (κ1) is 11.4. The summed E-state index contributed by atoms with van der Waals surface area (Å²) >= 11 is 0. The summed E-state index contributed by atoms with van der Waals surface area (Å²) in [6.45, 7) is 0.241. The Morgan fingerprint density at radius 1 is 1.18 bits per heavy atom. The van der Waals surface area contributed by atoms with Crippen molar-refractivity contribution >= 4 is 0 Å². The second kappa shape index (κ2) is 4.84. The molecule has 1 aromatic heterocycles. The Balaban J connectivity index is 2.43. The number of methoxy groups -OCH3 is 2. The van der Waals surface area contributed by atoms with Crippen LogP contribution in [0.3, 0.4) is 0 Å². The molecule has 0 amide bonds. The molecule has 1 heterocycles. The quantitative estimate of drug-likeness (QED) is 0.857. The van der Waals surface area contributed by atoms with Crippen LogP contribution in [-0.2, 0) is 6.54 Å². The van der Waals surface area contributed by atoms with Gasteiger partial charge in [-0.15, -0.1) is 0 Å². The van der Waals surface area contributed by atoms with Crippen molar-refractivity contribution in [3.8, 4) is 23.0 Å². The van der Waals surface area contributed by atoms with Crippen LogP contribution in [0, 0.1) is 0 Å². The molecule has 0 unspecified atom stereocenters. The van der Waals surface area contributed by atoms with Crippen molar-refractivity contribution in [1.82, 2.24) is 10.1 Å². The fraction of sp³-hybridized carbons (Fsp3) is 0.273. The molecule has 0 saturated heterocycles. The van der Waals surface area contributed by atoms with E-state index in [4.69, 9.17) is 19.7 Å². The summed E-state index contributed by atoms with van der Waals surface area (Å²) in [7, 11) is 3.16. The number of rotatable bonds is 4. The van der Waals surface area contributed by atoms with Gasteiger partial charge < -0.3 is 19.7 Å². The SMILES string of the molecule is COc1cc(OC)cc(-c2nc(CN)no2)c1. The Labute approximate surface area is 98.3 Å². The third-order valence-electron chi connectivity index (χ3n) is 2.25. The van der Waals surface area contributed by atoms with E-state index < -0.39 is 0 Å². The zero-order valence-corrected chi connectivity index (χ0v) is 9.64. The highest BCUT2D eigenvalue weighted by Gasteiger charge is 2.10. The van der Waals surface area contributed by atoms with Gasteiger partial charge in [0.1, 0.15) is 11.5 Å². The molecule has 17 heavy (non-hydrogen) atoms. The van der Waals surface area contributed by atoms with Crippen molar-refractivity contribution in [2.75, 3.05) is 14.2 Å². The van der Waals surface area contributed by atoms with Crippen LogP contribution in [0.15, 0.2) is 22.7 Å². The molecule has 0 bridgehead atoms. The first-order valence-corrected chi connectivity index (χ1v) is 5.03. The number of hydrogen-bond donors (Lipinski definition) is 1. The Morgan fingerprint density at radius 2 is 1.82 bits per heavy atom. The number of aromatic nitrogens is 2. The molecular weight excluding hydrogens is 222 g/mol. The van der Waals surface area contributed by atoms with Gasteiger partial charge in [-0.1, -0.05) is 5.16 Å². The van der Waals surface area contributed by atoms with Gasteiger partial charge in [0.05, 0.1) is 20.8 Å². The standard InChI is InChI=1S/C11H13N3O3/c1-15-8-3-7(4-9(5-8)16-2)11-13-10(6-12)14-17-11/h3-5H,6,12H2,1-2H3. The highest BCUT2D eigenvalue weighted by molar-refractivity contribution is 5.59. The number of nitrogens with two attached hydrogens (primary N) is 1. The molecule has 0 aliphatic heterocycles. The monoisotopic (exact) mass is 235 g/mol. The van der Waals surface area contributed by atoms with Gasteiger partial charge in [-0.05, 0) is 12.1 Å². The molecular formula is C11H13N3O3. The smallest absolute Gasteiger partial charge is 0.258 e. The average molecular weight is 235 g/mol. The van der Waals surface area contributed by atoms with Crippen molar-refractivity contribution in [3.63, 3.8) is 0 Å². The molecule has 2 rings (SSSR count). The van der Waals surface area contributed by atoms with E-state index in [1.165, 1.54) is 0 Å². The van der Waals surface area contributed by atoms with Crippen LogP contribution in [0.4, 0.5) is 0 Å². The summed E-state index contributed by atoms with van der Waals surface area (Å²) in [6.07, 6.45) is 0. The molecule has 0 spiro atoms. The van der Waals surface area contributed by atoms with Gasteiger partial charge in [-0.2, -0.15) is 4.98 Å². The second-order valence-electron chi connectivity index (χ2n) is 3.32. The first-order chi connectivity index (χ1) is 8.26. The van der Waals surface area contributed by atoms with E-state index in [1.54, 1.807) is 32.4 Å². The molecule has 2 N–H and O–H groups in total. The van der Waals surface area contributed by atoms with E-state index in [0.29, 0.717) is 23.2 Å². The summed E-state index contributed by atoms with van der Waals surface area (Å²) in [5.41, 5.74) is 6.15. The van der Waals surface area contributed by atoms with Crippen LogP contribution < -0.4 is 15.2 Å². The van der Waals surface area contributed by atoms with Gasteiger partial charge in [-0.25, -0.2) is 0 Å². The van der Waals surface area contributed by atoms with E-state index in [0.717, 1.165) is 5.56 Å². The van der Waals surface area contributed by atoms with Gasteiger partial charge in [0, 0.05) is 11.6 Å². The minimum absolute atomic E-state index is 0.241. The zero-order valence-electron chi connectivity index (χ0n) is 9.64. The lowest BCUT2D eigenvalue weighted by atomic mass is 10.2. The number of hydrogen-bond acceptors (Lipinski definition) is 6. The van der Waals surface area contributed by atoms with Crippen LogP contribution in [0.2, 0.25) is 0 Å². The molecule has 0 saturated carbocycles. The average Bonchev–Trinajstić information content (AvgIpc) is 2.86. The summed E-state index contributed by atoms with van der Waals surface area (Å²) < 4.78 is 15.4. The first-order valence-electron chi connectivity index (χ1n) is 5.03. The highest BCUT2D eigenvalue weighted by atomic mass is 16.5. The fourth-order valence-electron chi connectivity index (χ4n) is 1.39. The summed E-state index contributed by atoms with van der Waals surface area (Å²) in [5.74, 6) is 2.17. The van der Waals surface area contributed by atoms with Crippen molar-refractivity contribution in [1.29, 1.82) is 0 Å². The van der Waals surface area contributed by atoms with E-state index >= 15 is 0 Å². The highest BCUT2D eigenvalue weighted by Crippen LogP contribution is 2.28. The van der Waals surface area contributed by atoms with Crippen LogP contribution in [0.1, 0.15) is 5.82 Å². The molecule has 1 aromatic carbocycles. The van der Waals surface area contributed by atoms with Crippen LogP contribution in [-0.4, -0.2) is 24.4 Å². The summed E-state index contributed by atoms with van der Waals surface area (Å²) in [5, 5.41) is 3.73.